The Morgan fingerprint density at radius 3 is 2.47 bits per heavy atom. The highest BCUT2D eigenvalue weighted by Gasteiger charge is 2.12. The van der Waals surface area contributed by atoms with Gasteiger partial charge in [0.05, 0.1) is 0 Å². The second-order valence-electron chi connectivity index (χ2n) is 3.61. The molecule has 0 bridgehead atoms. The number of anilines is 3. The Bertz CT molecular complexity index is 567. The molecule has 0 aromatic carbocycles. The van der Waals surface area contributed by atoms with Crippen molar-refractivity contribution in [3.63, 3.8) is 0 Å². The highest BCUT2D eigenvalue weighted by Crippen LogP contribution is 2.29. The molecule has 0 unspecified atom stereocenters. The summed E-state index contributed by atoms with van der Waals surface area (Å²) in [5.74, 6) is 6.63. The monoisotopic (exact) mass is 278 g/mol. The maximum absolute atomic E-state index is 5.63. The van der Waals surface area contributed by atoms with E-state index in [9.17, 15) is 0 Å². The van der Waals surface area contributed by atoms with Crippen molar-refractivity contribution in [2.75, 3.05) is 16.9 Å². The highest BCUT2D eigenvalue weighted by atomic mass is 32.2. The van der Waals surface area contributed by atoms with Crippen molar-refractivity contribution in [3.05, 3.63) is 18.0 Å². The summed E-state index contributed by atoms with van der Waals surface area (Å²) in [5.41, 5.74) is 14.7. The fourth-order valence-electron chi connectivity index (χ4n) is 1.52. The number of hydrogen-bond acceptors (Lipinski definition) is 9. The third kappa shape index (κ3) is 3.01. The Morgan fingerprint density at radius 1 is 1.21 bits per heavy atom. The minimum Gasteiger partial charge on any atom is -0.383 e. The highest BCUT2D eigenvalue weighted by molar-refractivity contribution is 7.99. The van der Waals surface area contributed by atoms with Gasteiger partial charge in [0, 0.05) is 11.6 Å². The molecular formula is C10H14N8S. The maximum atomic E-state index is 5.63. The van der Waals surface area contributed by atoms with E-state index < -0.39 is 0 Å². The van der Waals surface area contributed by atoms with Crippen LogP contribution in [0, 0.1) is 0 Å². The van der Waals surface area contributed by atoms with Crippen LogP contribution in [0.25, 0.3) is 0 Å². The second-order valence-corrected chi connectivity index (χ2v) is 4.56. The zero-order chi connectivity index (χ0) is 13.8. The van der Waals surface area contributed by atoms with Gasteiger partial charge in [-0.15, -0.1) is 0 Å². The van der Waals surface area contributed by atoms with E-state index in [2.05, 4.69) is 25.4 Å². The number of nitrogens with two attached hydrogens (primary N) is 3. The van der Waals surface area contributed by atoms with E-state index in [4.69, 9.17) is 17.3 Å². The molecule has 0 aliphatic rings. The first kappa shape index (κ1) is 13.3. The Balaban J connectivity index is 2.37. The molecule has 0 aliphatic carbocycles. The summed E-state index contributed by atoms with van der Waals surface area (Å²) in [6, 6.07) is 1.50. The summed E-state index contributed by atoms with van der Waals surface area (Å²) >= 11 is 1.27. The van der Waals surface area contributed by atoms with Crippen LogP contribution in [0.4, 0.5) is 17.5 Å². The average Bonchev–Trinajstić information content (AvgIpc) is 2.37. The van der Waals surface area contributed by atoms with Gasteiger partial charge in [-0.1, -0.05) is 6.92 Å². The normalized spacial score (nSPS) is 10.4. The third-order valence-electron chi connectivity index (χ3n) is 2.33. The van der Waals surface area contributed by atoms with Gasteiger partial charge < -0.3 is 16.9 Å². The van der Waals surface area contributed by atoms with Crippen molar-refractivity contribution in [1.82, 2.24) is 19.9 Å². The predicted molar refractivity (Wildman–Crippen MR) is 74.2 cm³/mol. The van der Waals surface area contributed by atoms with Gasteiger partial charge in [0.1, 0.15) is 28.8 Å². The number of rotatable bonds is 4. The van der Waals surface area contributed by atoms with Gasteiger partial charge in [-0.2, -0.15) is 0 Å². The summed E-state index contributed by atoms with van der Waals surface area (Å²) in [4.78, 5) is 16.5. The first-order valence-electron chi connectivity index (χ1n) is 5.52. The lowest BCUT2D eigenvalue weighted by Crippen LogP contribution is -2.12. The number of nitrogen functional groups attached to an aromatic ring is 3. The summed E-state index contributed by atoms with van der Waals surface area (Å²) < 4.78 is 0. The number of aromatic nitrogens is 4. The number of hydrogen-bond donors (Lipinski definition) is 4. The van der Waals surface area contributed by atoms with Crippen molar-refractivity contribution in [2.45, 2.75) is 23.5 Å². The molecule has 0 saturated heterocycles. The van der Waals surface area contributed by atoms with E-state index in [1.54, 1.807) is 0 Å². The molecule has 8 nitrogen and oxygen atoms in total. The lowest BCUT2D eigenvalue weighted by Gasteiger charge is -2.09. The molecular weight excluding hydrogens is 264 g/mol. The van der Waals surface area contributed by atoms with E-state index in [1.165, 1.54) is 24.2 Å². The van der Waals surface area contributed by atoms with Gasteiger partial charge in [0.2, 0.25) is 0 Å². The number of nitrogens with zero attached hydrogens (tertiary/aromatic N) is 4. The van der Waals surface area contributed by atoms with E-state index in [0.717, 1.165) is 17.0 Å². The summed E-state index contributed by atoms with van der Waals surface area (Å²) in [5, 5.41) is 1.16. The Hall–Kier alpha value is -2.13. The lowest BCUT2D eigenvalue weighted by atomic mass is 10.2. The van der Waals surface area contributed by atoms with Gasteiger partial charge in [0.15, 0.2) is 5.16 Å². The Labute approximate surface area is 114 Å². The van der Waals surface area contributed by atoms with Crippen molar-refractivity contribution >= 4 is 29.2 Å². The summed E-state index contributed by atoms with van der Waals surface area (Å²) in [6.07, 6.45) is 2.15. The molecule has 0 radical (unpaired) electrons. The van der Waals surface area contributed by atoms with Crippen LogP contribution in [0.1, 0.15) is 12.5 Å². The molecule has 0 atom stereocenters. The zero-order valence-corrected chi connectivity index (χ0v) is 11.1. The van der Waals surface area contributed by atoms with Crippen molar-refractivity contribution < 1.29 is 0 Å². The van der Waals surface area contributed by atoms with Gasteiger partial charge >= 0.3 is 0 Å². The lowest BCUT2D eigenvalue weighted by molar-refractivity contribution is 0.925. The standard InChI is InChI=1S/C10H14N8S/c1-2-5-8(18-13)14-4-15-9(5)19-10-16-6(11)3-7(12)17-10/h3-4H,2,13H2,1H3,(H,14,15,18)(H4,11,12,16,17). The molecule has 0 saturated carbocycles. The largest absolute Gasteiger partial charge is 0.383 e. The SMILES string of the molecule is CCc1c(NN)ncnc1Sc1nc(N)cc(N)n1. The van der Waals surface area contributed by atoms with E-state index in [-0.39, 0.29) is 0 Å². The Morgan fingerprint density at radius 2 is 1.89 bits per heavy atom. The van der Waals surface area contributed by atoms with Crippen LogP contribution in [0.15, 0.2) is 22.6 Å². The van der Waals surface area contributed by atoms with Crippen molar-refractivity contribution in [1.29, 1.82) is 0 Å². The fraction of sp³-hybridized carbons (Fsp3) is 0.200. The molecule has 0 fully saturated rings. The molecule has 0 amide bonds. The fourth-order valence-corrected chi connectivity index (χ4v) is 2.46. The van der Waals surface area contributed by atoms with E-state index in [0.29, 0.717) is 22.6 Å². The molecule has 0 spiro atoms. The Kier molecular flexibility index (Phi) is 3.97. The first-order chi connectivity index (χ1) is 9.13. The van der Waals surface area contributed by atoms with Crippen LogP contribution in [0.2, 0.25) is 0 Å². The second kappa shape index (κ2) is 5.67. The van der Waals surface area contributed by atoms with Crippen LogP contribution >= 0.6 is 11.8 Å². The summed E-state index contributed by atoms with van der Waals surface area (Å²) in [6.45, 7) is 1.98. The molecule has 19 heavy (non-hydrogen) atoms. The van der Waals surface area contributed by atoms with Gasteiger partial charge in [-0.25, -0.2) is 25.8 Å². The topological polar surface area (TPSA) is 142 Å². The molecule has 2 aromatic heterocycles. The van der Waals surface area contributed by atoms with Crippen LogP contribution in [0.5, 0.6) is 0 Å². The molecule has 100 valence electrons. The number of nitrogens with one attached hydrogen (secondary N) is 1. The number of hydrazine groups is 1. The van der Waals surface area contributed by atoms with Crippen molar-refractivity contribution in [2.24, 2.45) is 5.84 Å². The molecule has 7 N–H and O–H groups in total. The maximum Gasteiger partial charge on any atom is 0.197 e. The van der Waals surface area contributed by atoms with Gasteiger partial charge in [-0.3, -0.25) is 0 Å². The third-order valence-corrected chi connectivity index (χ3v) is 3.24. The predicted octanol–water partition coefficient (Wildman–Crippen LogP) is 0.430. The van der Waals surface area contributed by atoms with Crippen LogP contribution in [0.3, 0.4) is 0 Å². The van der Waals surface area contributed by atoms with Crippen LogP contribution in [-0.2, 0) is 6.42 Å². The molecule has 2 heterocycles. The first-order valence-corrected chi connectivity index (χ1v) is 6.34. The molecule has 2 rings (SSSR count). The average molecular weight is 278 g/mol. The minimum atomic E-state index is 0.319. The molecule has 9 heteroatoms. The zero-order valence-electron chi connectivity index (χ0n) is 10.3. The van der Waals surface area contributed by atoms with E-state index >= 15 is 0 Å². The van der Waals surface area contributed by atoms with E-state index in [1.807, 2.05) is 6.92 Å². The smallest absolute Gasteiger partial charge is 0.197 e. The van der Waals surface area contributed by atoms with Crippen LogP contribution < -0.4 is 22.7 Å². The van der Waals surface area contributed by atoms with Gasteiger partial charge in [0.25, 0.3) is 0 Å². The summed E-state index contributed by atoms with van der Waals surface area (Å²) in [7, 11) is 0. The molecule has 0 aliphatic heterocycles. The minimum absolute atomic E-state index is 0.319. The molecule has 2 aromatic rings. The quantitative estimate of drug-likeness (QED) is 0.271. The van der Waals surface area contributed by atoms with Crippen LogP contribution in [-0.4, -0.2) is 19.9 Å². The van der Waals surface area contributed by atoms with Gasteiger partial charge in [-0.05, 0) is 18.2 Å². The van der Waals surface area contributed by atoms with Crippen molar-refractivity contribution in [3.8, 4) is 0 Å².